The van der Waals surface area contributed by atoms with Crippen molar-refractivity contribution in [2.75, 3.05) is 19.5 Å². The molecule has 0 unspecified atom stereocenters. The van der Waals surface area contributed by atoms with E-state index in [1.807, 2.05) is 36.4 Å². The minimum Gasteiger partial charge on any atom is -0.493 e. The third-order valence-corrected chi connectivity index (χ3v) is 6.12. The van der Waals surface area contributed by atoms with Crippen LogP contribution in [0.1, 0.15) is 11.1 Å². The SMILES string of the molecule is COc1ccc(-c2nn(Cc3ccccc3Cl)cc2C=C(C#N)C(=O)Nc2ccc(Cl)cc2)cc1OC. The largest absolute Gasteiger partial charge is 0.493 e. The van der Waals surface area contributed by atoms with Gasteiger partial charge in [0, 0.05) is 33.1 Å². The molecule has 0 saturated carbocycles. The van der Waals surface area contributed by atoms with E-state index in [0.717, 1.165) is 11.1 Å². The highest BCUT2D eigenvalue weighted by atomic mass is 35.5. The summed E-state index contributed by atoms with van der Waals surface area (Å²) in [7, 11) is 3.11. The molecule has 3 aromatic carbocycles. The Morgan fingerprint density at radius 2 is 1.78 bits per heavy atom. The van der Waals surface area contributed by atoms with Crippen molar-refractivity contribution in [3.63, 3.8) is 0 Å². The van der Waals surface area contributed by atoms with Gasteiger partial charge in [0.1, 0.15) is 11.6 Å². The lowest BCUT2D eigenvalue weighted by molar-refractivity contribution is -0.112. The molecular formula is C28H22Cl2N4O3. The zero-order chi connectivity index (χ0) is 26.4. The lowest BCUT2D eigenvalue weighted by atomic mass is 10.0. The number of halogens is 2. The summed E-state index contributed by atoms with van der Waals surface area (Å²) in [6.07, 6.45) is 3.27. The quantitative estimate of drug-likeness (QED) is 0.207. The molecule has 1 aromatic heterocycles. The average molecular weight is 533 g/mol. The van der Waals surface area contributed by atoms with Gasteiger partial charge in [0.2, 0.25) is 0 Å². The lowest BCUT2D eigenvalue weighted by Gasteiger charge is -2.09. The summed E-state index contributed by atoms with van der Waals surface area (Å²) in [6, 6.07) is 21.5. The first-order valence-corrected chi connectivity index (χ1v) is 11.9. The van der Waals surface area contributed by atoms with Crippen LogP contribution in [0.4, 0.5) is 5.69 Å². The van der Waals surface area contributed by atoms with E-state index in [2.05, 4.69) is 5.32 Å². The van der Waals surface area contributed by atoms with E-state index in [1.54, 1.807) is 61.5 Å². The predicted octanol–water partition coefficient (Wildman–Crippen LogP) is 6.47. The summed E-state index contributed by atoms with van der Waals surface area (Å²) in [5, 5.41) is 18.4. The van der Waals surface area contributed by atoms with Gasteiger partial charge in [-0.15, -0.1) is 0 Å². The zero-order valence-electron chi connectivity index (χ0n) is 20.0. The normalized spacial score (nSPS) is 11.1. The summed E-state index contributed by atoms with van der Waals surface area (Å²) in [4.78, 5) is 12.9. The van der Waals surface area contributed by atoms with Crippen LogP contribution >= 0.6 is 23.2 Å². The van der Waals surface area contributed by atoms with E-state index in [9.17, 15) is 10.1 Å². The topological polar surface area (TPSA) is 89.2 Å². The van der Waals surface area contributed by atoms with Gasteiger partial charge >= 0.3 is 0 Å². The minimum atomic E-state index is -0.554. The standard InChI is InChI=1S/C28H22Cl2N4O3/c1-36-25-12-7-18(14-26(25)37-2)27-21(17-34(33-27)16-19-5-3-4-6-24(19)30)13-20(15-31)28(35)32-23-10-8-22(29)9-11-23/h3-14,17H,16H2,1-2H3,(H,32,35). The number of amides is 1. The fourth-order valence-corrected chi connectivity index (χ4v) is 3.99. The number of nitrogens with zero attached hydrogens (tertiary/aromatic N) is 3. The lowest BCUT2D eigenvalue weighted by Crippen LogP contribution is -2.13. The number of ether oxygens (including phenoxy) is 2. The van der Waals surface area contributed by atoms with E-state index < -0.39 is 5.91 Å². The average Bonchev–Trinajstić information content (AvgIpc) is 3.31. The summed E-state index contributed by atoms with van der Waals surface area (Å²) in [5.41, 5.74) is 3.15. The number of nitriles is 1. The Morgan fingerprint density at radius 3 is 2.46 bits per heavy atom. The number of carbonyl (C=O) groups is 1. The van der Waals surface area contributed by atoms with Crippen LogP contribution in [0.3, 0.4) is 0 Å². The number of hydrogen-bond acceptors (Lipinski definition) is 5. The maximum absolute atomic E-state index is 12.9. The molecule has 0 bridgehead atoms. The molecule has 37 heavy (non-hydrogen) atoms. The highest BCUT2D eigenvalue weighted by Gasteiger charge is 2.17. The van der Waals surface area contributed by atoms with Gasteiger partial charge in [-0.3, -0.25) is 9.48 Å². The van der Waals surface area contributed by atoms with Crippen LogP contribution in [0, 0.1) is 11.3 Å². The first-order valence-electron chi connectivity index (χ1n) is 11.1. The number of carbonyl (C=O) groups excluding carboxylic acids is 1. The highest BCUT2D eigenvalue weighted by Crippen LogP contribution is 2.34. The summed E-state index contributed by atoms with van der Waals surface area (Å²) >= 11 is 12.3. The van der Waals surface area contributed by atoms with Crippen molar-refractivity contribution >= 4 is 40.9 Å². The summed E-state index contributed by atoms with van der Waals surface area (Å²) in [6.45, 7) is 0.395. The van der Waals surface area contributed by atoms with Gasteiger partial charge in [-0.05, 0) is 60.2 Å². The van der Waals surface area contributed by atoms with E-state index in [-0.39, 0.29) is 5.57 Å². The number of benzene rings is 3. The smallest absolute Gasteiger partial charge is 0.266 e. The van der Waals surface area contributed by atoms with Crippen LogP contribution in [-0.4, -0.2) is 29.9 Å². The third kappa shape index (κ3) is 6.12. The van der Waals surface area contributed by atoms with Crippen molar-refractivity contribution in [1.82, 2.24) is 9.78 Å². The van der Waals surface area contributed by atoms with Gasteiger partial charge in [0.25, 0.3) is 5.91 Å². The van der Waals surface area contributed by atoms with Gasteiger partial charge in [-0.2, -0.15) is 10.4 Å². The first kappa shape index (κ1) is 25.8. The maximum atomic E-state index is 12.9. The van der Waals surface area contributed by atoms with Crippen molar-refractivity contribution in [3.8, 4) is 28.8 Å². The third-order valence-electron chi connectivity index (χ3n) is 5.50. The van der Waals surface area contributed by atoms with E-state index in [0.29, 0.717) is 45.0 Å². The minimum absolute atomic E-state index is 0.0889. The van der Waals surface area contributed by atoms with Crippen LogP contribution in [0.15, 0.2) is 78.5 Å². The number of anilines is 1. The molecule has 1 N–H and O–H groups in total. The second-order valence-electron chi connectivity index (χ2n) is 7.92. The van der Waals surface area contributed by atoms with Gasteiger partial charge in [0.15, 0.2) is 11.5 Å². The molecule has 0 saturated heterocycles. The van der Waals surface area contributed by atoms with Gasteiger partial charge in [0.05, 0.1) is 26.5 Å². The van der Waals surface area contributed by atoms with Crippen LogP contribution in [0.5, 0.6) is 11.5 Å². The number of aromatic nitrogens is 2. The van der Waals surface area contributed by atoms with Crippen molar-refractivity contribution in [1.29, 1.82) is 5.26 Å². The van der Waals surface area contributed by atoms with Crippen molar-refractivity contribution in [3.05, 3.63) is 99.7 Å². The van der Waals surface area contributed by atoms with Gasteiger partial charge in [-0.25, -0.2) is 0 Å². The molecule has 0 atom stereocenters. The number of hydrogen-bond donors (Lipinski definition) is 1. The molecular weight excluding hydrogens is 511 g/mol. The van der Waals surface area contributed by atoms with Crippen molar-refractivity contribution in [2.45, 2.75) is 6.54 Å². The molecule has 0 aliphatic heterocycles. The molecule has 4 rings (SSSR count). The molecule has 0 aliphatic carbocycles. The van der Waals surface area contributed by atoms with E-state index in [1.165, 1.54) is 6.08 Å². The Labute approximate surface area is 224 Å². The molecule has 4 aromatic rings. The molecule has 7 nitrogen and oxygen atoms in total. The number of rotatable bonds is 8. The second-order valence-corrected chi connectivity index (χ2v) is 8.77. The molecule has 0 radical (unpaired) electrons. The Bertz CT molecular complexity index is 1500. The molecule has 0 spiro atoms. The highest BCUT2D eigenvalue weighted by molar-refractivity contribution is 6.31. The Kier molecular flexibility index (Phi) is 8.14. The predicted molar refractivity (Wildman–Crippen MR) is 145 cm³/mol. The Balaban J connectivity index is 1.75. The molecule has 0 aliphatic rings. The maximum Gasteiger partial charge on any atom is 0.266 e. The zero-order valence-corrected chi connectivity index (χ0v) is 21.5. The second kappa shape index (κ2) is 11.7. The number of nitrogens with one attached hydrogen (secondary N) is 1. The van der Waals surface area contributed by atoms with Crippen LogP contribution in [-0.2, 0) is 11.3 Å². The fourth-order valence-electron chi connectivity index (χ4n) is 3.67. The van der Waals surface area contributed by atoms with Crippen molar-refractivity contribution < 1.29 is 14.3 Å². The molecule has 186 valence electrons. The monoisotopic (exact) mass is 532 g/mol. The van der Waals surface area contributed by atoms with Crippen LogP contribution < -0.4 is 14.8 Å². The summed E-state index contributed by atoms with van der Waals surface area (Å²) < 4.78 is 12.5. The Morgan fingerprint density at radius 1 is 1.05 bits per heavy atom. The first-order chi connectivity index (χ1) is 17.9. The molecule has 1 heterocycles. The molecule has 9 heteroatoms. The van der Waals surface area contributed by atoms with Gasteiger partial charge in [-0.1, -0.05) is 41.4 Å². The number of methoxy groups -OCH3 is 2. The van der Waals surface area contributed by atoms with Crippen LogP contribution in [0.25, 0.3) is 17.3 Å². The molecule has 1 amide bonds. The van der Waals surface area contributed by atoms with E-state index >= 15 is 0 Å². The van der Waals surface area contributed by atoms with E-state index in [4.69, 9.17) is 37.8 Å². The summed E-state index contributed by atoms with van der Waals surface area (Å²) in [5.74, 6) is 0.539. The van der Waals surface area contributed by atoms with Gasteiger partial charge < -0.3 is 14.8 Å². The van der Waals surface area contributed by atoms with Crippen molar-refractivity contribution in [2.24, 2.45) is 0 Å². The molecule has 0 fully saturated rings. The Hall–Kier alpha value is -4.25. The fraction of sp³-hybridized carbons (Fsp3) is 0.107. The van der Waals surface area contributed by atoms with Crippen LogP contribution in [0.2, 0.25) is 10.0 Å².